The monoisotopic (exact) mass is 474 g/mol. The Bertz CT molecular complexity index is 1200. The van der Waals surface area contributed by atoms with Gasteiger partial charge in [-0.1, -0.05) is 12.1 Å². The van der Waals surface area contributed by atoms with E-state index >= 15 is 0 Å². The standard InChI is InChI=1S/C27H34N6O2/c1-16(28)15-27(26-29-17(2)30-31-26)22-11-9-20(24(34)32(3)4)13-18(22)7-8-19-14-21(10-12-23(19)27)25(35)33(5)6/h9-14,16H,7-8,15,28H2,1-6H3,(H,29,30,31)/t16-/m1/s1. The van der Waals surface area contributed by atoms with Crippen molar-refractivity contribution in [2.24, 2.45) is 5.73 Å². The highest BCUT2D eigenvalue weighted by atomic mass is 16.2. The molecule has 2 aromatic carbocycles. The van der Waals surface area contributed by atoms with E-state index in [2.05, 4.69) is 15.2 Å². The van der Waals surface area contributed by atoms with Crippen LogP contribution >= 0.6 is 0 Å². The molecule has 8 nitrogen and oxygen atoms in total. The lowest BCUT2D eigenvalue weighted by molar-refractivity contribution is 0.0820. The number of aromatic amines is 1. The summed E-state index contributed by atoms with van der Waals surface area (Å²) in [6.45, 7) is 3.87. The third-order valence-electron chi connectivity index (χ3n) is 6.73. The number of benzene rings is 2. The van der Waals surface area contributed by atoms with E-state index in [9.17, 15) is 9.59 Å². The summed E-state index contributed by atoms with van der Waals surface area (Å²) in [7, 11) is 7.02. The van der Waals surface area contributed by atoms with Crippen molar-refractivity contribution in [3.8, 4) is 0 Å². The molecule has 4 rings (SSSR count). The zero-order valence-electron chi connectivity index (χ0n) is 21.3. The topological polar surface area (TPSA) is 108 Å². The molecular weight excluding hydrogens is 440 g/mol. The Morgan fingerprint density at radius 1 is 0.943 bits per heavy atom. The molecule has 3 N–H and O–H groups in total. The lowest BCUT2D eigenvalue weighted by atomic mass is 9.68. The molecule has 1 atom stereocenters. The van der Waals surface area contributed by atoms with Gasteiger partial charge in [0.25, 0.3) is 11.8 Å². The molecule has 0 bridgehead atoms. The summed E-state index contributed by atoms with van der Waals surface area (Å²) in [6, 6.07) is 11.7. The van der Waals surface area contributed by atoms with Crippen LogP contribution in [0.3, 0.4) is 0 Å². The summed E-state index contributed by atoms with van der Waals surface area (Å²) < 4.78 is 0. The van der Waals surface area contributed by atoms with Gasteiger partial charge < -0.3 is 20.5 Å². The Kier molecular flexibility index (Phi) is 6.51. The number of nitrogens with one attached hydrogen (secondary N) is 1. The molecule has 0 spiro atoms. The van der Waals surface area contributed by atoms with Gasteiger partial charge in [-0.2, -0.15) is 0 Å². The quantitative estimate of drug-likeness (QED) is 0.591. The average molecular weight is 475 g/mol. The Hall–Kier alpha value is -3.52. The van der Waals surface area contributed by atoms with Gasteiger partial charge in [-0.15, -0.1) is 10.2 Å². The van der Waals surface area contributed by atoms with Crippen molar-refractivity contribution in [2.75, 3.05) is 28.2 Å². The van der Waals surface area contributed by atoms with E-state index < -0.39 is 5.41 Å². The number of hydrogen-bond donors (Lipinski definition) is 2. The average Bonchev–Trinajstić information content (AvgIpc) is 3.21. The molecule has 1 aliphatic rings. The maximum atomic E-state index is 12.8. The normalized spacial score (nSPS) is 14.9. The first-order chi connectivity index (χ1) is 16.5. The third kappa shape index (κ3) is 4.34. The third-order valence-corrected chi connectivity index (χ3v) is 6.73. The van der Waals surface area contributed by atoms with E-state index in [0.717, 1.165) is 46.7 Å². The number of nitrogens with two attached hydrogens (primary N) is 1. The van der Waals surface area contributed by atoms with E-state index in [0.29, 0.717) is 17.5 Å². The fraction of sp³-hybridized carbons (Fsp3) is 0.407. The summed E-state index contributed by atoms with van der Waals surface area (Å²) >= 11 is 0. The van der Waals surface area contributed by atoms with Crippen LogP contribution in [0.2, 0.25) is 0 Å². The van der Waals surface area contributed by atoms with Crippen LogP contribution in [-0.4, -0.2) is 71.0 Å². The van der Waals surface area contributed by atoms with Gasteiger partial charge in [0.1, 0.15) is 11.6 Å². The van der Waals surface area contributed by atoms with Crippen LogP contribution in [0.4, 0.5) is 0 Å². The Morgan fingerprint density at radius 2 is 1.43 bits per heavy atom. The summed E-state index contributed by atoms with van der Waals surface area (Å²) in [6.07, 6.45) is 2.04. The molecule has 35 heavy (non-hydrogen) atoms. The molecule has 0 saturated heterocycles. The number of hydrogen-bond acceptors (Lipinski definition) is 5. The molecule has 0 aliphatic heterocycles. The molecule has 2 amide bonds. The molecule has 184 valence electrons. The van der Waals surface area contributed by atoms with Gasteiger partial charge in [0.2, 0.25) is 0 Å². The van der Waals surface area contributed by atoms with Crippen LogP contribution in [0.5, 0.6) is 0 Å². The molecule has 0 saturated carbocycles. The second kappa shape index (κ2) is 9.26. The van der Waals surface area contributed by atoms with Gasteiger partial charge in [-0.3, -0.25) is 9.59 Å². The fourth-order valence-electron chi connectivity index (χ4n) is 5.22. The van der Waals surface area contributed by atoms with E-state index in [-0.39, 0.29) is 17.9 Å². The molecular formula is C27H34N6O2. The minimum atomic E-state index is -0.698. The number of carbonyl (C=O) groups excluding carboxylic acids is 2. The van der Waals surface area contributed by atoms with Crippen molar-refractivity contribution in [2.45, 2.75) is 44.6 Å². The highest BCUT2D eigenvalue weighted by molar-refractivity contribution is 5.95. The van der Waals surface area contributed by atoms with Crippen LogP contribution in [-0.2, 0) is 18.3 Å². The Balaban J connectivity index is 2.02. The van der Waals surface area contributed by atoms with Crippen LogP contribution in [0.25, 0.3) is 0 Å². The fourth-order valence-corrected chi connectivity index (χ4v) is 5.22. The summed E-state index contributed by atoms with van der Waals surface area (Å²) in [4.78, 5) is 32.1. The second-order valence-electron chi connectivity index (χ2n) is 9.99. The molecule has 0 radical (unpaired) electrons. The van der Waals surface area contributed by atoms with E-state index in [1.807, 2.05) is 50.2 Å². The van der Waals surface area contributed by atoms with Gasteiger partial charge >= 0.3 is 0 Å². The largest absolute Gasteiger partial charge is 0.345 e. The number of fused-ring (bicyclic) bond motifs is 2. The van der Waals surface area contributed by atoms with Gasteiger partial charge in [0, 0.05) is 45.4 Å². The molecule has 1 heterocycles. The zero-order chi connectivity index (χ0) is 25.5. The summed E-state index contributed by atoms with van der Waals surface area (Å²) in [5.41, 5.74) is 11.3. The highest BCUT2D eigenvalue weighted by Gasteiger charge is 2.44. The number of rotatable bonds is 5. The second-order valence-corrected chi connectivity index (χ2v) is 9.99. The van der Waals surface area contributed by atoms with Crippen LogP contribution in [0.1, 0.15) is 68.0 Å². The lowest BCUT2D eigenvalue weighted by Gasteiger charge is -2.36. The van der Waals surface area contributed by atoms with E-state index in [1.165, 1.54) is 0 Å². The maximum Gasteiger partial charge on any atom is 0.253 e. The predicted molar refractivity (Wildman–Crippen MR) is 136 cm³/mol. The smallest absolute Gasteiger partial charge is 0.253 e. The molecule has 8 heteroatoms. The molecule has 0 unspecified atom stereocenters. The van der Waals surface area contributed by atoms with Crippen molar-refractivity contribution < 1.29 is 9.59 Å². The van der Waals surface area contributed by atoms with Crippen molar-refractivity contribution >= 4 is 11.8 Å². The predicted octanol–water partition coefficient (Wildman–Crippen LogP) is 2.69. The number of aromatic nitrogens is 3. The van der Waals surface area contributed by atoms with Gasteiger partial charge in [-0.05, 0) is 79.6 Å². The zero-order valence-corrected chi connectivity index (χ0v) is 21.3. The molecule has 0 fully saturated rings. The SMILES string of the molecule is Cc1nnc(C2(C[C@@H](C)N)c3ccc(C(=O)N(C)C)cc3CCc3cc(C(=O)N(C)C)ccc32)[nH]1. The maximum absolute atomic E-state index is 12.8. The van der Waals surface area contributed by atoms with Crippen molar-refractivity contribution in [1.82, 2.24) is 25.0 Å². The summed E-state index contributed by atoms with van der Waals surface area (Å²) in [5, 5.41) is 8.85. The van der Waals surface area contributed by atoms with Gasteiger partial charge in [-0.25, -0.2) is 0 Å². The van der Waals surface area contributed by atoms with Crippen LogP contribution in [0, 0.1) is 6.92 Å². The van der Waals surface area contributed by atoms with Crippen LogP contribution in [0.15, 0.2) is 36.4 Å². The van der Waals surface area contributed by atoms with Gasteiger partial charge in [0.15, 0.2) is 0 Å². The van der Waals surface area contributed by atoms with Crippen molar-refractivity contribution in [3.05, 3.63) is 81.4 Å². The van der Waals surface area contributed by atoms with Crippen molar-refractivity contribution in [3.63, 3.8) is 0 Å². The first kappa shape index (κ1) is 24.6. The first-order valence-corrected chi connectivity index (χ1v) is 11.9. The number of amides is 2. The van der Waals surface area contributed by atoms with E-state index in [4.69, 9.17) is 5.73 Å². The number of H-pyrrole nitrogens is 1. The lowest BCUT2D eigenvalue weighted by Crippen LogP contribution is -2.38. The first-order valence-electron chi connectivity index (χ1n) is 11.9. The molecule has 3 aromatic rings. The van der Waals surface area contributed by atoms with Crippen LogP contribution < -0.4 is 5.73 Å². The van der Waals surface area contributed by atoms with Crippen molar-refractivity contribution in [1.29, 1.82) is 0 Å². The van der Waals surface area contributed by atoms with Gasteiger partial charge in [0.05, 0.1) is 5.41 Å². The molecule has 1 aromatic heterocycles. The highest BCUT2D eigenvalue weighted by Crippen LogP contribution is 2.47. The number of aryl methyl sites for hydroxylation is 3. The minimum Gasteiger partial charge on any atom is -0.345 e. The Labute approximate surface area is 206 Å². The minimum absolute atomic E-state index is 0.0401. The molecule has 1 aliphatic carbocycles. The number of carbonyl (C=O) groups is 2. The van der Waals surface area contributed by atoms with E-state index in [1.54, 1.807) is 38.0 Å². The Morgan fingerprint density at radius 3 is 1.80 bits per heavy atom. The number of nitrogens with zero attached hydrogens (tertiary/aromatic N) is 4. The summed E-state index contributed by atoms with van der Waals surface area (Å²) in [5.74, 6) is 1.36.